The van der Waals surface area contributed by atoms with Crippen LogP contribution in [0.4, 0.5) is 5.82 Å². The van der Waals surface area contributed by atoms with Gasteiger partial charge in [-0.1, -0.05) is 12.8 Å². The lowest BCUT2D eigenvalue weighted by atomic mass is 10.2. The van der Waals surface area contributed by atoms with Gasteiger partial charge in [0.1, 0.15) is 5.82 Å². The maximum absolute atomic E-state index is 4.90. The van der Waals surface area contributed by atoms with Gasteiger partial charge in [0.05, 0.1) is 0 Å². The molecule has 4 heteroatoms. The minimum Gasteiger partial charge on any atom is -0.359 e. The molecule has 4 nitrogen and oxygen atoms in total. The van der Waals surface area contributed by atoms with E-state index in [2.05, 4.69) is 16.9 Å². The first-order chi connectivity index (χ1) is 10.8. The van der Waals surface area contributed by atoms with E-state index in [1.807, 2.05) is 24.5 Å². The number of fused-ring (bicyclic) bond motifs is 1. The van der Waals surface area contributed by atoms with Crippen LogP contribution in [0.1, 0.15) is 36.9 Å². The molecule has 1 fully saturated rings. The third-order valence-electron chi connectivity index (χ3n) is 4.78. The Hall–Kier alpha value is -1.97. The molecule has 2 aromatic rings. The maximum Gasteiger partial charge on any atom is 0.161 e. The fraction of sp³-hybridized carbons (Fsp3) is 0.500. The second kappa shape index (κ2) is 5.67. The van der Waals surface area contributed by atoms with Crippen molar-refractivity contribution in [2.24, 2.45) is 5.92 Å². The van der Waals surface area contributed by atoms with Crippen LogP contribution < -0.4 is 4.90 Å². The minimum atomic E-state index is 0.844. The molecule has 22 heavy (non-hydrogen) atoms. The summed E-state index contributed by atoms with van der Waals surface area (Å²) in [6, 6.07) is 3.98. The fourth-order valence-electron chi connectivity index (χ4n) is 3.25. The molecule has 2 heterocycles. The number of rotatable bonds is 5. The molecule has 0 spiro atoms. The molecular weight excluding hydrogens is 272 g/mol. The van der Waals surface area contributed by atoms with Crippen LogP contribution in [0.15, 0.2) is 24.5 Å². The predicted molar refractivity (Wildman–Crippen MR) is 87.9 cm³/mol. The number of hydrogen-bond donors (Lipinski definition) is 0. The molecular formula is C18H22N4. The van der Waals surface area contributed by atoms with Gasteiger partial charge in [0.2, 0.25) is 0 Å². The van der Waals surface area contributed by atoms with Crippen LogP contribution >= 0.6 is 0 Å². The predicted octanol–water partition coefficient (Wildman–Crippen LogP) is 3.26. The monoisotopic (exact) mass is 294 g/mol. The van der Waals surface area contributed by atoms with E-state index < -0.39 is 0 Å². The smallest absolute Gasteiger partial charge is 0.161 e. The van der Waals surface area contributed by atoms with Gasteiger partial charge < -0.3 is 4.90 Å². The van der Waals surface area contributed by atoms with Crippen molar-refractivity contribution >= 4 is 5.82 Å². The second-order valence-corrected chi connectivity index (χ2v) is 6.54. The summed E-state index contributed by atoms with van der Waals surface area (Å²) in [6.45, 7) is 1.10. The molecule has 0 atom stereocenters. The van der Waals surface area contributed by atoms with Gasteiger partial charge in [-0.15, -0.1) is 0 Å². The zero-order valence-corrected chi connectivity index (χ0v) is 13.1. The van der Waals surface area contributed by atoms with Crippen molar-refractivity contribution in [3.8, 4) is 11.4 Å². The van der Waals surface area contributed by atoms with Gasteiger partial charge in [-0.05, 0) is 43.7 Å². The Balaban J connectivity index is 1.68. The highest BCUT2D eigenvalue weighted by Crippen LogP contribution is 2.34. The highest BCUT2D eigenvalue weighted by molar-refractivity contribution is 5.60. The number of anilines is 1. The molecule has 2 aromatic heterocycles. The van der Waals surface area contributed by atoms with E-state index in [4.69, 9.17) is 9.97 Å². The van der Waals surface area contributed by atoms with Crippen LogP contribution in [0.25, 0.3) is 11.4 Å². The van der Waals surface area contributed by atoms with Crippen molar-refractivity contribution in [2.75, 3.05) is 18.5 Å². The molecule has 0 unspecified atom stereocenters. The van der Waals surface area contributed by atoms with E-state index in [1.165, 1.54) is 36.9 Å². The standard InChI is InChI=1S/C18H22N4/c1-22(12-9-13-5-6-13)18-15-3-2-4-16(15)20-17(21-18)14-7-10-19-11-8-14/h7-8,10-11,13H,2-6,9,12H2,1H3. The Morgan fingerprint density at radius 3 is 2.73 bits per heavy atom. The molecule has 0 saturated heterocycles. The van der Waals surface area contributed by atoms with Gasteiger partial charge in [0.15, 0.2) is 5.82 Å². The SMILES string of the molecule is CN(CCC1CC1)c1nc(-c2ccncc2)nc2c1CCC2. The molecule has 0 bridgehead atoms. The lowest BCUT2D eigenvalue weighted by Crippen LogP contribution is -2.22. The lowest BCUT2D eigenvalue weighted by molar-refractivity contribution is 0.703. The highest BCUT2D eigenvalue weighted by atomic mass is 15.2. The minimum absolute atomic E-state index is 0.844. The maximum atomic E-state index is 4.90. The number of nitrogens with zero attached hydrogens (tertiary/aromatic N) is 4. The van der Waals surface area contributed by atoms with E-state index in [9.17, 15) is 0 Å². The van der Waals surface area contributed by atoms with Crippen molar-refractivity contribution in [3.05, 3.63) is 35.8 Å². The Bertz CT molecular complexity index is 664. The van der Waals surface area contributed by atoms with Gasteiger partial charge in [-0.25, -0.2) is 9.97 Å². The van der Waals surface area contributed by atoms with E-state index in [1.54, 1.807) is 0 Å². The Labute approximate surface area is 131 Å². The summed E-state index contributed by atoms with van der Waals surface area (Å²) in [4.78, 5) is 16.1. The van der Waals surface area contributed by atoms with Gasteiger partial charge in [0, 0.05) is 42.8 Å². The van der Waals surface area contributed by atoms with Crippen LogP contribution in [0.3, 0.4) is 0 Å². The molecule has 0 amide bonds. The average molecular weight is 294 g/mol. The third kappa shape index (κ3) is 2.70. The Morgan fingerprint density at radius 2 is 1.95 bits per heavy atom. The summed E-state index contributed by atoms with van der Waals surface area (Å²) in [5, 5.41) is 0. The first-order valence-electron chi connectivity index (χ1n) is 8.32. The van der Waals surface area contributed by atoms with E-state index in [-0.39, 0.29) is 0 Å². The van der Waals surface area contributed by atoms with Gasteiger partial charge in [-0.3, -0.25) is 4.98 Å². The Kier molecular flexibility index (Phi) is 3.53. The van der Waals surface area contributed by atoms with Crippen molar-refractivity contribution in [3.63, 3.8) is 0 Å². The van der Waals surface area contributed by atoms with Crippen LogP contribution in [-0.4, -0.2) is 28.5 Å². The largest absolute Gasteiger partial charge is 0.359 e. The molecule has 2 aliphatic carbocycles. The van der Waals surface area contributed by atoms with Crippen LogP contribution in [0.5, 0.6) is 0 Å². The molecule has 2 aliphatic rings. The molecule has 0 radical (unpaired) electrons. The number of aryl methyl sites for hydroxylation is 1. The van der Waals surface area contributed by atoms with Crippen molar-refractivity contribution in [2.45, 2.75) is 38.5 Å². The number of hydrogen-bond acceptors (Lipinski definition) is 4. The summed E-state index contributed by atoms with van der Waals surface area (Å²) >= 11 is 0. The van der Waals surface area contributed by atoms with Crippen molar-refractivity contribution in [1.29, 1.82) is 0 Å². The van der Waals surface area contributed by atoms with Crippen LogP contribution in [0.2, 0.25) is 0 Å². The molecule has 114 valence electrons. The summed E-state index contributed by atoms with van der Waals surface area (Å²) < 4.78 is 0. The lowest BCUT2D eigenvalue weighted by Gasteiger charge is -2.21. The van der Waals surface area contributed by atoms with Gasteiger partial charge >= 0.3 is 0 Å². The molecule has 0 N–H and O–H groups in total. The number of aromatic nitrogens is 3. The topological polar surface area (TPSA) is 41.9 Å². The van der Waals surface area contributed by atoms with Crippen molar-refractivity contribution in [1.82, 2.24) is 15.0 Å². The third-order valence-corrected chi connectivity index (χ3v) is 4.78. The first kappa shape index (κ1) is 13.7. The molecule has 0 aromatic carbocycles. The summed E-state index contributed by atoms with van der Waals surface area (Å²) in [6.07, 6.45) is 11.1. The zero-order chi connectivity index (χ0) is 14.9. The average Bonchev–Trinajstić information content (AvgIpc) is 3.27. The summed E-state index contributed by atoms with van der Waals surface area (Å²) in [5.74, 6) is 2.95. The molecule has 1 saturated carbocycles. The van der Waals surface area contributed by atoms with E-state index in [0.717, 1.165) is 42.5 Å². The van der Waals surface area contributed by atoms with Crippen LogP contribution in [0, 0.1) is 5.92 Å². The molecule has 4 rings (SSSR count). The fourth-order valence-corrected chi connectivity index (χ4v) is 3.25. The highest BCUT2D eigenvalue weighted by Gasteiger charge is 2.24. The number of pyridine rings is 1. The summed E-state index contributed by atoms with van der Waals surface area (Å²) in [7, 11) is 2.18. The van der Waals surface area contributed by atoms with Gasteiger partial charge in [-0.2, -0.15) is 0 Å². The molecule has 0 aliphatic heterocycles. The van der Waals surface area contributed by atoms with Crippen LogP contribution in [-0.2, 0) is 12.8 Å². The second-order valence-electron chi connectivity index (χ2n) is 6.54. The van der Waals surface area contributed by atoms with E-state index in [0.29, 0.717) is 0 Å². The zero-order valence-electron chi connectivity index (χ0n) is 13.1. The van der Waals surface area contributed by atoms with Gasteiger partial charge in [0.25, 0.3) is 0 Å². The quantitative estimate of drug-likeness (QED) is 0.849. The first-order valence-corrected chi connectivity index (χ1v) is 8.32. The van der Waals surface area contributed by atoms with Crippen molar-refractivity contribution < 1.29 is 0 Å². The normalized spacial score (nSPS) is 16.6. The van der Waals surface area contributed by atoms with E-state index >= 15 is 0 Å². The summed E-state index contributed by atoms with van der Waals surface area (Å²) in [5.41, 5.74) is 3.67. The Morgan fingerprint density at radius 1 is 1.14 bits per heavy atom.